The summed E-state index contributed by atoms with van der Waals surface area (Å²) >= 11 is 6.78. The van der Waals surface area contributed by atoms with Crippen molar-refractivity contribution < 1.29 is 19.0 Å². The van der Waals surface area contributed by atoms with Crippen LogP contribution in [-0.2, 0) is 14.3 Å². The number of aromatic nitrogens is 2. The van der Waals surface area contributed by atoms with Crippen molar-refractivity contribution in [1.29, 1.82) is 0 Å². The van der Waals surface area contributed by atoms with Gasteiger partial charge >= 0.3 is 5.97 Å². The maximum atomic E-state index is 13.6. The molecule has 7 nitrogen and oxygen atoms in total. The predicted molar refractivity (Wildman–Crippen MR) is 158 cm³/mol. The second-order valence-electron chi connectivity index (χ2n) is 13.0. The molecule has 0 aliphatic carbocycles. The molecule has 0 amide bonds. The number of anilines is 1. The first-order valence-corrected chi connectivity index (χ1v) is 14.4. The van der Waals surface area contributed by atoms with Crippen molar-refractivity contribution in [3.05, 3.63) is 34.7 Å². The average Bonchev–Trinajstić information content (AvgIpc) is 2.81. The van der Waals surface area contributed by atoms with Crippen LogP contribution >= 0.6 is 11.6 Å². The molecule has 2 aromatic heterocycles. The van der Waals surface area contributed by atoms with Crippen molar-refractivity contribution in [1.82, 2.24) is 9.97 Å². The molecule has 1 aliphatic rings. The highest BCUT2D eigenvalue weighted by atomic mass is 35.5. The van der Waals surface area contributed by atoms with E-state index in [1.165, 1.54) is 0 Å². The molecule has 0 spiro atoms. The summed E-state index contributed by atoms with van der Waals surface area (Å²) in [7, 11) is 0. The summed E-state index contributed by atoms with van der Waals surface area (Å²) in [6, 6.07) is 3.76. The first-order chi connectivity index (χ1) is 18.1. The van der Waals surface area contributed by atoms with Gasteiger partial charge < -0.3 is 19.1 Å². The summed E-state index contributed by atoms with van der Waals surface area (Å²) in [5.41, 5.74) is 3.51. The molecule has 0 N–H and O–H groups in total. The normalized spacial score (nSPS) is 16.5. The summed E-state index contributed by atoms with van der Waals surface area (Å²) in [5.74, 6) is 0.421. The Kier molecular flexibility index (Phi) is 9.92. The van der Waals surface area contributed by atoms with Gasteiger partial charge in [0.25, 0.3) is 0 Å². The van der Waals surface area contributed by atoms with E-state index in [2.05, 4.69) is 37.6 Å². The number of nitrogens with zero attached hydrogens (tertiary/aromatic N) is 3. The van der Waals surface area contributed by atoms with Gasteiger partial charge in [-0.15, -0.1) is 0 Å². The highest BCUT2D eigenvalue weighted by molar-refractivity contribution is 6.32. The fourth-order valence-corrected chi connectivity index (χ4v) is 4.87. The minimum atomic E-state index is -0.954. The number of esters is 1. The zero-order valence-electron chi connectivity index (χ0n) is 25.4. The summed E-state index contributed by atoms with van der Waals surface area (Å²) < 4.78 is 17.9. The van der Waals surface area contributed by atoms with Crippen molar-refractivity contribution in [2.45, 2.75) is 99.9 Å². The Morgan fingerprint density at radius 2 is 1.74 bits per heavy atom. The van der Waals surface area contributed by atoms with Crippen molar-refractivity contribution >= 4 is 23.3 Å². The van der Waals surface area contributed by atoms with Crippen molar-refractivity contribution in [2.24, 2.45) is 11.3 Å². The van der Waals surface area contributed by atoms with Crippen LogP contribution < -0.4 is 9.64 Å². The van der Waals surface area contributed by atoms with E-state index in [0.717, 1.165) is 48.4 Å². The molecule has 0 aromatic carbocycles. The summed E-state index contributed by atoms with van der Waals surface area (Å²) in [5, 5.41) is 0.324. The predicted octanol–water partition coefficient (Wildman–Crippen LogP) is 7.57. The van der Waals surface area contributed by atoms with E-state index in [1.54, 1.807) is 0 Å². The van der Waals surface area contributed by atoms with Gasteiger partial charge in [-0.2, -0.15) is 0 Å². The molecule has 0 saturated carbocycles. The molecule has 1 fully saturated rings. The Morgan fingerprint density at radius 1 is 1.10 bits per heavy atom. The Bertz CT molecular complexity index is 1150. The Balaban J connectivity index is 2.22. The molecule has 8 heteroatoms. The number of carbonyl (C=O) groups is 1. The minimum absolute atomic E-state index is 0.241. The molecule has 0 bridgehead atoms. The SMILES string of the molecule is Cc1ncc(-c2ccc(OCC(C)C)nc2Cl)c(N2CCC(C)(C)CC2)c1[C@H](OC(C)(C)C)C(=O)OC(C)C. The van der Waals surface area contributed by atoms with Crippen LogP contribution in [0.3, 0.4) is 0 Å². The molecule has 1 aliphatic heterocycles. The molecule has 216 valence electrons. The lowest BCUT2D eigenvalue weighted by molar-refractivity contribution is -0.171. The van der Waals surface area contributed by atoms with Crippen LogP contribution in [0.2, 0.25) is 5.15 Å². The third-order valence-electron chi connectivity index (χ3n) is 6.70. The lowest BCUT2D eigenvalue weighted by Gasteiger charge is -2.41. The van der Waals surface area contributed by atoms with E-state index in [0.29, 0.717) is 29.1 Å². The van der Waals surface area contributed by atoms with Gasteiger partial charge in [0.1, 0.15) is 5.15 Å². The number of carbonyl (C=O) groups excluding carboxylic acids is 1. The zero-order valence-corrected chi connectivity index (χ0v) is 26.1. The topological polar surface area (TPSA) is 73.8 Å². The van der Waals surface area contributed by atoms with Crippen LogP contribution in [0.1, 0.15) is 92.5 Å². The smallest absolute Gasteiger partial charge is 0.340 e. The lowest BCUT2D eigenvalue weighted by atomic mass is 9.82. The molecule has 2 aromatic rings. The molecule has 39 heavy (non-hydrogen) atoms. The third-order valence-corrected chi connectivity index (χ3v) is 6.99. The van der Waals surface area contributed by atoms with Crippen LogP contribution in [0.15, 0.2) is 18.3 Å². The van der Waals surface area contributed by atoms with Crippen molar-refractivity contribution in [3.63, 3.8) is 0 Å². The molecular weight excluding hydrogens is 514 g/mol. The van der Waals surface area contributed by atoms with Crippen LogP contribution in [0, 0.1) is 18.3 Å². The zero-order chi connectivity index (χ0) is 29.1. The van der Waals surface area contributed by atoms with Gasteiger partial charge in [-0.3, -0.25) is 4.98 Å². The van der Waals surface area contributed by atoms with Gasteiger partial charge in [-0.25, -0.2) is 9.78 Å². The summed E-state index contributed by atoms with van der Waals surface area (Å²) in [4.78, 5) is 25.2. The lowest BCUT2D eigenvalue weighted by Crippen LogP contribution is -2.39. The monoisotopic (exact) mass is 559 g/mol. The van der Waals surface area contributed by atoms with Crippen molar-refractivity contribution in [3.8, 4) is 17.0 Å². The van der Waals surface area contributed by atoms with Crippen LogP contribution in [0.5, 0.6) is 5.88 Å². The van der Waals surface area contributed by atoms with Crippen LogP contribution in [-0.4, -0.2) is 47.3 Å². The van der Waals surface area contributed by atoms with Crippen molar-refractivity contribution in [2.75, 3.05) is 24.6 Å². The standard InChI is InChI=1S/C31H46ClN3O4/c1-19(2)18-37-24-12-11-22(28(32)34-24)23-17-33-21(5)25(26(23)35-15-13-31(9,10)14-16-35)27(39-30(6,7)8)29(36)38-20(3)4/h11-12,17,19-20,27H,13-16,18H2,1-10H3/t27-/m0/s1. The number of pyridine rings is 2. The number of halogens is 1. The summed E-state index contributed by atoms with van der Waals surface area (Å²) in [6.45, 7) is 22.4. The van der Waals surface area contributed by atoms with Gasteiger partial charge in [0.05, 0.1) is 24.0 Å². The first-order valence-electron chi connectivity index (χ1n) is 14.0. The maximum Gasteiger partial charge on any atom is 0.340 e. The number of rotatable bonds is 9. The Labute approximate surface area is 239 Å². The quantitative estimate of drug-likeness (QED) is 0.231. The third kappa shape index (κ3) is 8.31. The van der Waals surface area contributed by atoms with Gasteiger partial charge in [0.15, 0.2) is 6.10 Å². The Morgan fingerprint density at radius 3 is 2.28 bits per heavy atom. The number of piperidine rings is 1. The highest BCUT2D eigenvalue weighted by Gasteiger charge is 2.37. The Hall–Kier alpha value is -2.38. The number of aryl methyl sites for hydroxylation is 1. The molecule has 1 atom stereocenters. The van der Waals surface area contributed by atoms with Crippen LogP contribution in [0.4, 0.5) is 5.69 Å². The summed E-state index contributed by atoms with van der Waals surface area (Å²) in [6.07, 6.45) is 2.62. The van der Waals surface area contributed by atoms with Gasteiger partial charge in [-0.05, 0) is 71.8 Å². The van der Waals surface area contributed by atoms with E-state index in [-0.39, 0.29) is 11.5 Å². The molecular formula is C31H46ClN3O4. The van der Waals surface area contributed by atoms with E-state index >= 15 is 0 Å². The number of hydrogen-bond acceptors (Lipinski definition) is 7. The largest absolute Gasteiger partial charge is 0.477 e. The van der Waals surface area contributed by atoms with E-state index in [4.69, 9.17) is 30.8 Å². The maximum absolute atomic E-state index is 13.6. The van der Waals surface area contributed by atoms with E-state index < -0.39 is 17.7 Å². The second kappa shape index (κ2) is 12.4. The van der Waals surface area contributed by atoms with Gasteiger partial charge in [-0.1, -0.05) is 39.3 Å². The van der Waals surface area contributed by atoms with Gasteiger partial charge in [0, 0.05) is 47.7 Å². The fraction of sp³-hybridized carbons (Fsp3) is 0.645. The first kappa shape index (κ1) is 31.2. The highest BCUT2D eigenvalue weighted by Crippen LogP contribution is 2.45. The van der Waals surface area contributed by atoms with E-state index in [9.17, 15) is 4.79 Å². The molecule has 0 unspecified atom stereocenters. The molecule has 3 heterocycles. The molecule has 3 rings (SSSR count). The van der Waals surface area contributed by atoms with E-state index in [1.807, 2.05) is 59.9 Å². The van der Waals surface area contributed by atoms with Crippen LogP contribution in [0.25, 0.3) is 11.1 Å². The minimum Gasteiger partial charge on any atom is -0.477 e. The number of hydrogen-bond donors (Lipinski definition) is 0. The molecule has 1 saturated heterocycles. The number of ether oxygens (including phenoxy) is 3. The molecule has 0 radical (unpaired) electrons. The van der Waals surface area contributed by atoms with Gasteiger partial charge in [0.2, 0.25) is 5.88 Å². The fourth-order valence-electron chi connectivity index (χ4n) is 4.62. The second-order valence-corrected chi connectivity index (χ2v) is 13.3. The average molecular weight is 560 g/mol.